The summed E-state index contributed by atoms with van der Waals surface area (Å²) in [5, 5.41) is 10.6. The molecule has 0 spiro atoms. The SMILES string of the molecule is C=CC[C@@H](C)[C@H](OCc1ccc(OC)cc1)[C@@](C)(O)C(=O)C=C. The number of ether oxygens (including phenoxy) is 2. The maximum atomic E-state index is 12.0. The number of carbonyl (C=O) groups excluding carboxylic acids is 1. The number of hydrogen-bond donors (Lipinski definition) is 1. The highest BCUT2D eigenvalue weighted by atomic mass is 16.5. The number of hydrogen-bond acceptors (Lipinski definition) is 4. The van der Waals surface area contributed by atoms with Gasteiger partial charge in [-0.1, -0.05) is 31.7 Å². The number of ketones is 1. The van der Waals surface area contributed by atoms with Gasteiger partial charge < -0.3 is 14.6 Å². The monoisotopic (exact) mass is 318 g/mol. The van der Waals surface area contributed by atoms with Crippen LogP contribution in [0.5, 0.6) is 5.75 Å². The topological polar surface area (TPSA) is 55.8 Å². The molecule has 1 rings (SSSR count). The van der Waals surface area contributed by atoms with Crippen LogP contribution in [0.15, 0.2) is 49.6 Å². The third-order valence-corrected chi connectivity index (χ3v) is 3.88. The number of benzene rings is 1. The van der Waals surface area contributed by atoms with Crippen molar-refractivity contribution in [2.24, 2.45) is 5.92 Å². The molecule has 0 aliphatic carbocycles. The molecule has 1 aromatic rings. The minimum absolute atomic E-state index is 0.0651. The van der Waals surface area contributed by atoms with Gasteiger partial charge in [0.2, 0.25) is 0 Å². The Morgan fingerprint density at radius 2 is 1.96 bits per heavy atom. The zero-order valence-corrected chi connectivity index (χ0v) is 14.1. The maximum Gasteiger partial charge on any atom is 0.188 e. The molecular weight excluding hydrogens is 292 g/mol. The molecule has 0 aliphatic heterocycles. The molecule has 0 unspecified atom stereocenters. The second-order valence-corrected chi connectivity index (χ2v) is 5.80. The summed E-state index contributed by atoms with van der Waals surface area (Å²) in [7, 11) is 1.61. The van der Waals surface area contributed by atoms with Gasteiger partial charge in [0, 0.05) is 0 Å². The van der Waals surface area contributed by atoms with E-state index in [9.17, 15) is 9.90 Å². The molecule has 23 heavy (non-hydrogen) atoms. The van der Waals surface area contributed by atoms with Crippen molar-refractivity contribution in [3.05, 3.63) is 55.1 Å². The van der Waals surface area contributed by atoms with Gasteiger partial charge in [-0.2, -0.15) is 0 Å². The van der Waals surface area contributed by atoms with Crippen molar-refractivity contribution in [1.29, 1.82) is 0 Å². The lowest BCUT2D eigenvalue weighted by molar-refractivity contribution is -0.157. The minimum atomic E-state index is -1.63. The molecule has 3 atom stereocenters. The molecule has 4 nitrogen and oxygen atoms in total. The van der Waals surface area contributed by atoms with E-state index in [1.54, 1.807) is 13.2 Å². The van der Waals surface area contributed by atoms with Crippen molar-refractivity contribution in [2.75, 3.05) is 7.11 Å². The van der Waals surface area contributed by atoms with E-state index in [2.05, 4.69) is 13.2 Å². The first-order chi connectivity index (χ1) is 10.9. The standard InChI is InChI=1S/C19H26O4/c1-6-8-14(3)18(19(4,21)17(20)7-2)23-13-15-9-11-16(22-5)12-10-15/h6-7,9-12,14,18,21H,1-2,8,13H2,3-5H3/t14-,18+,19+/m1/s1. The third-order valence-electron chi connectivity index (χ3n) is 3.88. The van der Waals surface area contributed by atoms with Gasteiger partial charge in [-0.05, 0) is 43.0 Å². The summed E-state index contributed by atoms with van der Waals surface area (Å²) in [6.07, 6.45) is 2.86. The van der Waals surface area contributed by atoms with Crippen LogP contribution < -0.4 is 4.74 Å². The van der Waals surface area contributed by atoms with Crippen LogP contribution in [0.4, 0.5) is 0 Å². The van der Waals surface area contributed by atoms with Crippen LogP contribution in [0.3, 0.4) is 0 Å². The summed E-state index contributed by atoms with van der Waals surface area (Å²) in [5.41, 5.74) is -0.695. The summed E-state index contributed by atoms with van der Waals surface area (Å²) in [6, 6.07) is 7.46. The Hall–Kier alpha value is -1.91. The van der Waals surface area contributed by atoms with Crippen molar-refractivity contribution >= 4 is 5.78 Å². The normalized spacial score (nSPS) is 16.0. The number of carbonyl (C=O) groups is 1. The van der Waals surface area contributed by atoms with Gasteiger partial charge in [-0.3, -0.25) is 4.79 Å². The van der Waals surface area contributed by atoms with Gasteiger partial charge in [0.25, 0.3) is 0 Å². The van der Waals surface area contributed by atoms with Gasteiger partial charge in [-0.25, -0.2) is 0 Å². The van der Waals surface area contributed by atoms with Crippen LogP contribution in [0.2, 0.25) is 0 Å². The Bertz CT molecular complexity index is 531. The fourth-order valence-electron chi connectivity index (χ4n) is 2.52. The summed E-state index contributed by atoms with van der Waals surface area (Å²) < 4.78 is 11.0. The van der Waals surface area contributed by atoms with E-state index in [1.165, 1.54) is 6.92 Å². The molecule has 0 bridgehead atoms. The first-order valence-corrected chi connectivity index (χ1v) is 7.61. The minimum Gasteiger partial charge on any atom is -0.497 e. The van der Waals surface area contributed by atoms with Crippen molar-refractivity contribution in [3.8, 4) is 5.75 Å². The van der Waals surface area contributed by atoms with Crippen LogP contribution in [0.25, 0.3) is 0 Å². The van der Waals surface area contributed by atoms with Crippen molar-refractivity contribution in [2.45, 2.75) is 38.6 Å². The van der Waals surface area contributed by atoms with Gasteiger partial charge >= 0.3 is 0 Å². The largest absolute Gasteiger partial charge is 0.497 e. The van der Waals surface area contributed by atoms with Gasteiger partial charge in [-0.15, -0.1) is 6.58 Å². The Morgan fingerprint density at radius 3 is 2.43 bits per heavy atom. The highest BCUT2D eigenvalue weighted by Crippen LogP contribution is 2.26. The second kappa shape index (κ2) is 8.65. The molecule has 0 saturated carbocycles. The average Bonchev–Trinajstić information content (AvgIpc) is 2.54. The molecule has 0 aliphatic rings. The first kappa shape index (κ1) is 19.1. The maximum absolute atomic E-state index is 12.0. The van der Waals surface area contributed by atoms with Crippen LogP contribution in [0, 0.1) is 5.92 Å². The van der Waals surface area contributed by atoms with E-state index in [0.29, 0.717) is 6.42 Å². The van der Waals surface area contributed by atoms with E-state index >= 15 is 0 Å². The smallest absolute Gasteiger partial charge is 0.188 e. The first-order valence-electron chi connectivity index (χ1n) is 7.61. The predicted molar refractivity (Wildman–Crippen MR) is 91.4 cm³/mol. The Labute approximate surface area is 138 Å². The van der Waals surface area contributed by atoms with Gasteiger partial charge in [0.05, 0.1) is 19.8 Å². The van der Waals surface area contributed by atoms with Crippen molar-refractivity contribution in [1.82, 2.24) is 0 Å². The predicted octanol–water partition coefficient (Wildman–Crippen LogP) is 3.30. The second-order valence-electron chi connectivity index (χ2n) is 5.80. The van der Waals surface area contributed by atoms with E-state index < -0.39 is 17.5 Å². The lowest BCUT2D eigenvalue weighted by Gasteiger charge is -2.34. The third kappa shape index (κ3) is 5.05. The molecule has 4 heteroatoms. The molecule has 0 radical (unpaired) electrons. The number of rotatable bonds is 10. The number of allylic oxidation sites excluding steroid dienone is 1. The van der Waals surface area contributed by atoms with E-state index in [0.717, 1.165) is 17.4 Å². The van der Waals surface area contributed by atoms with Crippen LogP contribution in [-0.2, 0) is 16.1 Å². The molecule has 0 heterocycles. The van der Waals surface area contributed by atoms with Crippen LogP contribution in [-0.4, -0.2) is 29.7 Å². The highest BCUT2D eigenvalue weighted by Gasteiger charge is 2.41. The van der Waals surface area contributed by atoms with Crippen LogP contribution in [0.1, 0.15) is 25.8 Å². The van der Waals surface area contributed by atoms with Gasteiger partial charge in [0.15, 0.2) is 11.4 Å². The quantitative estimate of drug-likeness (QED) is 0.531. The Morgan fingerprint density at radius 1 is 1.35 bits per heavy atom. The molecule has 0 saturated heterocycles. The molecular formula is C19H26O4. The highest BCUT2D eigenvalue weighted by molar-refractivity contribution is 5.96. The fourth-order valence-corrected chi connectivity index (χ4v) is 2.52. The molecule has 0 aromatic heterocycles. The summed E-state index contributed by atoms with van der Waals surface area (Å²) >= 11 is 0. The molecule has 126 valence electrons. The van der Waals surface area contributed by atoms with Crippen LogP contribution >= 0.6 is 0 Å². The zero-order valence-electron chi connectivity index (χ0n) is 14.1. The van der Waals surface area contributed by atoms with E-state index in [1.807, 2.05) is 31.2 Å². The zero-order chi connectivity index (χ0) is 17.5. The average molecular weight is 318 g/mol. The number of methoxy groups -OCH3 is 1. The fraction of sp³-hybridized carbons (Fsp3) is 0.421. The van der Waals surface area contributed by atoms with Crippen molar-refractivity contribution in [3.63, 3.8) is 0 Å². The summed E-state index contributed by atoms with van der Waals surface area (Å²) in [5.74, 6) is 0.247. The van der Waals surface area contributed by atoms with Crippen molar-refractivity contribution < 1.29 is 19.4 Å². The summed E-state index contributed by atoms with van der Waals surface area (Å²) in [4.78, 5) is 12.0. The Balaban J connectivity index is 2.89. The molecule has 1 N–H and O–H groups in total. The molecule has 0 fully saturated rings. The Kier molecular flexibility index (Phi) is 7.20. The lowest BCUT2D eigenvalue weighted by atomic mass is 9.84. The molecule has 0 amide bonds. The number of aliphatic hydroxyl groups is 1. The molecule has 1 aromatic carbocycles. The van der Waals surface area contributed by atoms with Gasteiger partial charge in [0.1, 0.15) is 5.75 Å². The van der Waals surface area contributed by atoms with E-state index in [4.69, 9.17) is 9.47 Å². The van der Waals surface area contributed by atoms with E-state index in [-0.39, 0.29) is 12.5 Å². The summed E-state index contributed by atoms with van der Waals surface area (Å²) in [6.45, 7) is 10.8. The lowest BCUT2D eigenvalue weighted by Crippen LogP contribution is -2.50.